The molecule has 2 aromatic carbocycles. The number of quaternary nitrogens is 1. The summed E-state index contributed by atoms with van der Waals surface area (Å²) in [6, 6.07) is 12.9. The maximum absolute atomic E-state index is 12.0. The number of carbonyl (C=O) groups is 1. The van der Waals surface area contributed by atoms with Gasteiger partial charge in [-0.15, -0.1) is 0 Å². The molecule has 0 spiro atoms. The van der Waals surface area contributed by atoms with Crippen molar-refractivity contribution in [3.63, 3.8) is 0 Å². The SMILES string of the molecule is C[C@H]([NH2+]CC(=O)Nc1cccc(Cl)c1Cl)c1ccc(Cl)cc1. The van der Waals surface area contributed by atoms with Crippen molar-refractivity contribution >= 4 is 46.4 Å². The van der Waals surface area contributed by atoms with Crippen LogP contribution in [0.5, 0.6) is 0 Å². The molecule has 22 heavy (non-hydrogen) atoms. The molecule has 6 heteroatoms. The Kier molecular flexibility index (Phi) is 6.09. The lowest BCUT2D eigenvalue weighted by Gasteiger charge is -2.12. The quantitative estimate of drug-likeness (QED) is 0.836. The smallest absolute Gasteiger partial charge is 0.279 e. The molecule has 0 unspecified atom stereocenters. The zero-order valence-corrected chi connectivity index (χ0v) is 14.2. The van der Waals surface area contributed by atoms with Crippen molar-refractivity contribution in [2.75, 3.05) is 11.9 Å². The Morgan fingerprint density at radius 2 is 1.82 bits per heavy atom. The Balaban J connectivity index is 1.90. The van der Waals surface area contributed by atoms with E-state index < -0.39 is 0 Å². The fraction of sp³-hybridized carbons (Fsp3) is 0.188. The Bertz CT molecular complexity index is 659. The zero-order chi connectivity index (χ0) is 16.1. The first kappa shape index (κ1) is 17.1. The third kappa shape index (κ3) is 4.62. The van der Waals surface area contributed by atoms with Crippen LogP contribution >= 0.6 is 34.8 Å². The minimum Gasteiger partial charge on any atom is -0.333 e. The lowest BCUT2D eigenvalue weighted by molar-refractivity contribution is -0.682. The van der Waals surface area contributed by atoms with E-state index in [1.54, 1.807) is 18.2 Å². The van der Waals surface area contributed by atoms with Gasteiger partial charge in [-0.2, -0.15) is 0 Å². The summed E-state index contributed by atoms with van der Waals surface area (Å²) in [7, 11) is 0. The van der Waals surface area contributed by atoms with Gasteiger partial charge in [0, 0.05) is 10.6 Å². The predicted octanol–water partition coefficient (Wildman–Crippen LogP) is 3.91. The van der Waals surface area contributed by atoms with Crippen molar-refractivity contribution in [3.05, 3.63) is 63.1 Å². The number of nitrogens with one attached hydrogen (secondary N) is 1. The number of anilines is 1. The van der Waals surface area contributed by atoms with Crippen molar-refractivity contribution in [3.8, 4) is 0 Å². The van der Waals surface area contributed by atoms with E-state index in [1.165, 1.54) is 0 Å². The lowest BCUT2D eigenvalue weighted by atomic mass is 10.1. The summed E-state index contributed by atoms with van der Waals surface area (Å²) in [5.74, 6) is -0.134. The third-order valence-corrected chi connectivity index (χ3v) is 4.35. The van der Waals surface area contributed by atoms with Gasteiger partial charge in [0.2, 0.25) is 0 Å². The van der Waals surface area contributed by atoms with E-state index in [1.807, 2.05) is 36.5 Å². The Hall–Kier alpha value is -1.26. The molecule has 0 fully saturated rings. The van der Waals surface area contributed by atoms with Crippen molar-refractivity contribution in [2.45, 2.75) is 13.0 Å². The molecule has 2 aromatic rings. The van der Waals surface area contributed by atoms with Crippen LogP contribution in [-0.4, -0.2) is 12.5 Å². The molecule has 0 aliphatic heterocycles. The van der Waals surface area contributed by atoms with E-state index in [2.05, 4.69) is 5.32 Å². The van der Waals surface area contributed by atoms with Crippen molar-refractivity contribution in [1.82, 2.24) is 0 Å². The summed E-state index contributed by atoms with van der Waals surface area (Å²) in [6.07, 6.45) is 0. The van der Waals surface area contributed by atoms with Crippen LogP contribution in [0, 0.1) is 0 Å². The molecule has 0 aromatic heterocycles. The minimum absolute atomic E-state index is 0.134. The van der Waals surface area contributed by atoms with E-state index in [4.69, 9.17) is 34.8 Å². The van der Waals surface area contributed by atoms with Crippen molar-refractivity contribution in [2.24, 2.45) is 0 Å². The van der Waals surface area contributed by atoms with Crippen LogP contribution < -0.4 is 10.6 Å². The number of halogens is 3. The molecule has 0 aliphatic carbocycles. The molecule has 0 heterocycles. The molecule has 1 amide bonds. The van der Waals surface area contributed by atoms with E-state index in [-0.39, 0.29) is 18.5 Å². The van der Waals surface area contributed by atoms with Crippen LogP contribution in [0.15, 0.2) is 42.5 Å². The molecule has 1 atom stereocenters. The number of carbonyl (C=O) groups excluding carboxylic acids is 1. The lowest BCUT2D eigenvalue weighted by Crippen LogP contribution is -2.86. The van der Waals surface area contributed by atoms with Crippen LogP contribution in [0.3, 0.4) is 0 Å². The van der Waals surface area contributed by atoms with Gasteiger partial charge in [0.05, 0.1) is 15.7 Å². The van der Waals surface area contributed by atoms with Crippen LogP contribution in [0.1, 0.15) is 18.5 Å². The summed E-state index contributed by atoms with van der Waals surface area (Å²) < 4.78 is 0. The van der Waals surface area contributed by atoms with E-state index in [0.29, 0.717) is 20.8 Å². The molecule has 3 nitrogen and oxygen atoms in total. The second-order valence-electron chi connectivity index (χ2n) is 4.93. The molecule has 0 radical (unpaired) electrons. The fourth-order valence-electron chi connectivity index (χ4n) is 1.99. The van der Waals surface area contributed by atoms with Crippen LogP contribution in [-0.2, 0) is 4.79 Å². The molecular weight excluding hydrogens is 343 g/mol. The normalized spacial score (nSPS) is 12.0. The molecule has 0 bridgehead atoms. The summed E-state index contributed by atoms with van der Waals surface area (Å²) in [6.45, 7) is 2.31. The van der Waals surface area contributed by atoms with Crippen molar-refractivity contribution < 1.29 is 10.1 Å². The largest absolute Gasteiger partial charge is 0.333 e. The first-order valence-electron chi connectivity index (χ1n) is 6.80. The average molecular weight is 359 g/mol. The van der Waals surface area contributed by atoms with Gasteiger partial charge in [-0.3, -0.25) is 4.79 Å². The Labute approximate surface area is 144 Å². The van der Waals surface area contributed by atoms with Crippen LogP contribution in [0.4, 0.5) is 5.69 Å². The average Bonchev–Trinajstić information content (AvgIpc) is 2.50. The second-order valence-corrected chi connectivity index (χ2v) is 6.15. The maximum Gasteiger partial charge on any atom is 0.279 e. The van der Waals surface area contributed by atoms with E-state index in [9.17, 15) is 4.79 Å². The van der Waals surface area contributed by atoms with E-state index in [0.717, 1.165) is 5.56 Å². The molecule has 2 rings (SSSR count). The highest BCUT2D eigenvalue weighted by molar-refractivity contribution is 6.44. The summed E-state index contributed by atoms with van der Waals surface area (Å²) in [5.41, 5.74) is 1.63. The van der Waals surface area contributed by atoms with Crippen LogP contribution in [0.25, 0.3) is 0 Å². The number of hydrogen-bond donors (Lipinski definition) is 2. The minimum atomic E-state index is -0.134. The summed E-state index contributed by atoms with van der Waals surface area (Å²) >= 11 is 17.8. The van der Waals surface area contributed by atoms with Crippen molar-refractivity contribution in [1.29, 1.82) is 0 Å². The standard InChI is InChI=1S/C16H15Cl3N2O/c1-10(11-5-7-12(17)8-6-11)20-9-15(22)21-14-4-2-3-13(18)16(14)19/h2-8,10,20H,9H2,1H3,(H,21,22)/p+1/t10-/m0/s1. The Morgan fingerprint density at radius 3 is 2.50 bits per heavy atom. The fourth-order valence-corrected chi connectivity index (χ4v) is 2.46. The molecular formula is C16H16Cl3N2O+. The summed E-state index contributed by atoms with van der Waals surface area (Å²) in [5, 5.41) is 6.16. The van der Waals surface area contributed by atoms with Crippen LogP contribution in [0.2, 0.25) is 15.1 Å². The molecule has 0 saturated carbocycles. The predicted molar refractivity (Wildman–Crippen MR) is 91.8 cm³/mol. The first-order chi connectivity index (χ1) is 10.5. The number of rotatable bonds is 5. The molecule has 0 saturated heterocycles. The van der Waals surface area contributed by atoms with Gasteiger partial charge in [0.1, 0.15) is 6.04 Å². The number of amides is 1. The second kappa shape index (κ2) is 7.84. The van der Waals surface area contributed by atoms with Gasteiger partial charge in [0.25, 0.3) is 5.91 Å². The highest BCUT2D eigenvalue weighted by Gasteiger charge is 2.13. The van der Waals surface area contributed by atoms with Gasteiger partial charge in [-0.25, -0.2) is 0 Å². The number of benzene rings is 2. The topological polar surface area (TPSA) is 45.7 Å². The van der Waals surface area contributed by atoms with Gasteiger partial charge in [-0.05, 0) is 31.2 Å². The third-order valence-electron chi connectivity index (χ3n) is 3.28. The van der Waals surface area contributed by atoms with Gasteiger partial charge < -0.3 is 10.6 Å². The molecule has 0 aliphatic rings. The highest BCUT2D eigenvalue weighted by Crippen LogP contribution is 2.29. The summed E-state index contributed by atoms with van der Waals surface area (Å²) in [4.78, 5) is 12.0. The highest BCUT2D eigenvalue weighted by atomic mass is 35.5. The van der Waals surface area contributed by atoms with Gasteiger partial charge in [-0.1, -0.05) is 53.0 Å². The maximum atomic E-state index is 12.0. The zero-order valence-electron chi connectivity index (χ0n) is 11.9. The number of hydrogen-bond acceptors (Lipinski definition) is 1. The van der Waals surface area contributed by atoms with Gasteiger partial charge in [0.15, 0.2) is 6.54 Å². The monoisotopic (exact) mass is 357 g/mol. The first-order valence-corrected chi connectivity index (χ1v) is 7.93. The Morgan fingerprint density at radius 1 is 1.14 bits per heavy atom. The van der Waals surface area contributed by atoms with Gasteiger partial charge >= 0.3 is 0 Å². The molecule has 116 valence electrons. The number of nitrogens with two attached hydrogens (primary N) is 1. The molecule has 3 N–H and O–H groups in total. The van der Waals surface area contributed by atoms with E-state index >= 15 is 0 Å².